The van der Waals surface area contributed by atoms with Crippen molar-refractivity contribution in [3.63, 3.8) is 0 Å². The Balaban J connectivity index is 2.06. The molecule has 0 bridgehead atoms. The van der Waals surface area contributed by atoms with Crippen LogP contribution in [0, 0.1) is 0 Å². The van der Waals surface area contributed by atoms with Crippen molar-refractivity contribution < 1.29 is 4.74 Å². The van der Waals surface area contributed by atoms with Gasteiger partial charge in [-0.25, -0.2) is 0 Å². The van der Waals surface area contributed by atoms with E-state index in [-0.39, 0.29) is 0 Å². The molecular formula is C16H18ClNO. The topological polar surface area (TPSA) is 21.3 Å². The van der Waals surface area contributed by atoms with Crippen LogP contribution in [-0.4, -0.2) is 6.04 Å². The standard InChI is InChI=1S/C16H18ClNO/c1-12(2)18-11-13-5-3-7-15(9-13)19-16-8-4-6-14(17)10-16/h3-10,12,18H,11H2,1-2H3. The summed E-state index contributed by atoms with van der Waals surface area (Å²) >= 11 is 5.94. The maximum Gasteiger partial charge on any atom is 0.128 e. The second-order valence-corrected chi connectivity index (χ2v) is 5.18. The second-order valence-electron chi connectivity index (χ2n) is 4.74. The summed E-state index contributed by atoms with van der Waals surface area (Å²) in [5.74, 6) is 1.58. The Bertz CT molecular complexity index is 540. The van der Waals surface area contributed by atoms with E-state index < -0.39 is 0 Å². The van der Waals surface area contributed by atoms with Gasteiger partial charge < -0.3 is 10.1 Å². The predicted molar refractivity (Wildman–Crippen MR) is 79.9 cm³/mol. The molecule has 0 saturated carbocycles. The maximum atomic E-state index is 5.94. The molecule has 0 aromatic heterocycles. The van der Waals surface area contributed by atoms with Crippen LogP contribution < -0.4 is 10.1 Å². The predicted octanol–water partition coefficient (Wildman–Crippen LogP) is 4.63. The third-order valence-electron chi connectivity index (χ3n) is 2.64. The Morgan fingerprint density at radius 3 is 2.42 bits per heavy atom. The summed E-state index contributed by atoms with van der Waals surface area (Å²) in [6.45, 7) is 5.10. The van der Waals surface area contributed by atoms with Crippen LogP contribution in [0.4, 0.5) is 0 Å². The highest BCUT2D eigenvalue weighted by molar-refractivity contribution is 6.30. The van der Waals surface area contributed by atoms with Crippen LogP contribution in [-0.2, 0) is 6.54 Å². The Morgan fingerprint density at radius 1 is 1.05 bits per heavy atom. The second kappa shape index (κ2) is 6.60. The fourth-order valence-electron chi connectivity index (χ4n) is 1.71. The van der Waals surface area contributed by atoms with Gasteiger partial charge in [0.25, 0.3) is 0 Å². The van der Waals surface area contributed by atoms with E-state index in [4.69, 9.17) is 16.3 Å². The molecule has 0 fully saturated rings. The minimum atomic E-state index is 0.470. The van der Waals surface area contributed by atoms with Crippen LogP contribution in [0.5, 0.6) is 11.5 Å². The fourth-order valence-corrected chi connectivity index (χ4v) is 1.89. The molecule has 19 heavy (non-hydrogen) atoms. The van der Waals surface area contributed by atoms with Gasteiger partial charge in [0.1, 0.15) is 11.5 Å². The third-order valence-corrected chi connectivity index (χ3v) is 2.88. The normalized spacial score (nSPS) is 10.7. The summed E-state index contributed by atoms with van der Waals surface area (Å²) < 4.78 is 5.79. The molecule has 0 aliphatic carbocycles. The van der Waals surface area contributed by atoms with Gasteiger partial charge in [0.2, 0.25) is 0 Å². The number of hydrogen-bond acceptors (Lipinski definition) is 2. The van der Waals surface area contributed by atoms with Gasteiger partial charge in [-0.2, -0.15) is 0 Å². The van der Waals surface area contributed by atoms with Gasteiger partial charge in [0.15, 0.2) is 0 Å². The average Bonchev–Trinajstić information content (AvgIpc) is 2.37. The molecule has 0 aliphatic rings. The van der Waals surface area contributed by atoms with Crippen LogP contribution in [0.2, 0.25) is 5.02 Å². The Morgan fingerprint density at radius 2 is 1.74 bits per heavy atom. The van der Waals surface area contributed by atoms with Crippen molar-refractivity contribution in [3.8, 4) is 11.5 Å². The largest absolute Gasteiger partial charge is 0.457 e. The number of hydrogen-bond donors (Lipinski definition) is 1. The Labute approximate surface area is 119 Å². The maximum absolute atomic E-state index is 5.94. The lowest BCUT2D eigenvalue weighted by Crippen LogP contribution is -2.21. The molecule has 2 aromatic carbocycles. The number of nitrogens with one attached hydrogen (secondary N) is 1. The molecule has 2 aromatic rings. The van der Waals surface area contributed by atoms with Gasteiger partial charge in [-0.1, -0.05) is 43.6 Å². The molecule has 0 heterocycles. The van der Waals surface area contributed by atoms with Gasteiger partial charge in [-0.05, 0) is 35.9 Å². The molecule has 0 radical (unpaired) electrons. The molecule has 0 amide bonds. The van der Waals surface area contributed by atoms with E-state index in [1.54, 1.807) is 6.07 Å². The van der Waals surface area contributed by atoms with Crippen LogP contribution in [0.3, 0.4) is 0 Å². The van der Waals surface area contributed by atoms with Crippen molar-refractivity contribution in [1.29, 1.82) is 0 Å². The van der Waals surface area contributed by atoms with E-state index in [0.717, 1.165) is 18.0 Å². The highest BCUT2D eigenvalue weighted by Crippen LogP contribution is 2.24. The van der Waals surface area contributed by atoms with Crippen molar-refractivity contribution in [2.24, 2.45) is 0 Å². The van der Waals surface area contributed by atoms with Crippen LogP contribution in [0.25, 0.3) is 0 Å². The fraction of sp³-hybridized carbons (Fsp3) is 0.250. The van der Waals surface area contributed by atoms with Crippen molar-refractivity contribution in [3.05, 3.63) is 59.1 Å². The van der Waals surface area contributed by atoms with E-state index in [1.807, 2.05) is 36.4 Å². The Hall–Kier alpha value is -1.51. The zero-order valence-electron chi connectivity index (χ0n) is 11.2. The zero-order valence-corrected chi connectivity index (χ0v) is 11.9. The molecule has 100 valence electrons. The third kappa shape index (κ3) is 4.58. The lowest BCUT2D eigenvalue weighted by molar-refractivity contribution is 0.481. The molecule has 1 N–H and O–H groups in total. The SMILES string of the molecule is CC(C)NCc1cccc(Oc2cccc(Cl)c2)c1. The van der Waals surface area contributed by atoms with Crippen molar-refractivity contribution in [2.75, 3.05) is 0 Å². The molecule has 0 unspecified atom stereocenters. The monoisotopic (exact) mass is 275 g/mol. The summed E-state index contributed by atoms with van der Waals surface area (Å²) in [6.07, 6.45) is 0. The van der Waals surface area contributed by atoms with Crippen LogP contribution >= 0.6 is 11.6 Å². The van der Waals surface area contributed by atoms with E-state index in [0.29, 0.717) is 11.1 Å². The smallest absolute Gasteiger partial charge is 0.128 e. The molecular weight excluding hydrogens is 258 g/mol. The first-order valence-corrected chi connectivity index (χ1v) is 6.77. The average molecular weight is 276 g/mol. The highest BCUT2D eigenvalue weighted by atomic mass is 35.5. The summed E-state index contributed by atoms with van der Waals surface area (Å²) in [4.78, 5) is 0. The first-order chi connectivity index (χ1) is 9.13. The minimum Gasteiger partial charge on any atom is -0.457 e. The molecule has 2 nitrogen and oxygen atoms in total. The summed E-state index contributed by atoms with van der Waals surface area (Å²) in [6, 6.07) is 15.9. The first-order valence-electron chi connectivity index (χ1n) is 6.39. The van der Waals surface area contributed by atoms with Gasteiger partial charge >= 0.3 is 0 Å². The van der Waals surface area contributed by atoms with Crippen LogP contribution in [0.15, 0.2) is 48.5 Å². The zero-order chi connectivity index (χ0) is 13.7. The number of halogens is 1. The van der Waals surface area contributed by atoms with Gasteiger partial charge in [0.05, 0.1) is 0 Å². The molecule has 2 rings (SSSR count). The molecule has 0 atom stereocenters. The van der Waals surface area contributed by atoms with Gasteiger partial charge in [-0.15, -0.1) is 0 Å². The van der Waals surface area contributed by atoms with Crippen molar-refractivity contribution in [2.45, 2.75) is 26.4 Å². The summed E-state index contributed by atoms with van der Waals surface area (Å²) in [7, 11) is 0. The Kier molecular flexibility index (Phi) is 4.83. The lowest BCUT2D eigenvalue weighted by atomic mass is 10.2. The van der Waals surface area contributed by atoms with Gasteiger partial charge in [0, 0.05) is 17.6 Å². The number of rotatable bonds is 5. The van der Waals surface area contributed by atoms with Gasteiger partial charge in [-0.3, -0.25) is 0 Å². The molecule has 0 spiro atoms. The van der Waals surface area contributed by atoms with E-state index >= 15 is 0 Å². The number of ether oxygens (including phenoxy) is 1. The number of benzene rings is 2. The van der Waals surface area contributed by atoms with Crippen molar-refractivity contribution >= 4 is 11.6 Å². The summed E-state index contributed by atoms with van der Waals surface area (Å²) in [5.41, 5.74) is 1.20. The molecule has 3 heteroatoms. The summed E-state index contributed by atoms with van der Waals surface area (Å²) in [5, 5.41) is 4.06. The quantitative estimate of drug-likeness (QED) is 0.859. The highest BCUT2D eigenvalue weighted by Gasteiger charge is 2.01. The van der Waals surface area contributed by atoms with Crippen molar-refractivity contribution in [1.82, 2.24) is 5.32 Å². The van der Waals surface area contributed by atoms with E-state index in [9.17, 15) is 0 Å². The lowest BCUT2D eigenvalue weighted by Gasteiger charge is -2.10. The first kappa shape index (κ1) is 13.9. The molecule has 0 saturated heterocycles. The minimum absolute atomic E-state index is 0.470. The molecule has 0 aliphatic heterocycles. The van der Waals surface area contributed by atoms with Crippen LogP contribution in [0.1, 0.15) is 19.4 Å². The van der Waals surface area contributed by atoms with E-state index in [2.05, 4.69) is 25.2 Å². The van der Waals surface area contributed by atoms with E-state index in [1.165, 1.54) is 5.56 Å².